The zero-order valence-electron chi connectivity index (χ0n) is 11.9. The molecule has 3 atom stereocenters. The van der Waals surface area contributed by atoms with Crippen molar-refractivity contribution in [3.63, 3.8) is 0 Å². The molecule has 4 nitrogen and oxygen atoms in total. The van der Waals surface area contributed by atoms with E-state index >= 15 is 0 Å². The Kier molecular flexibility index (Phi) is 5.01. The molecule has 2 rings (SSSR count). The molecule has 0 aromatic rings. The second-order valence-corrected chi connectivity index (χ2v) is 5.63. The van der Waals surface area contributed by atoms with Crippen molar-refractivity contribution < 1.29 is 9.47 Å². The Labute approximate surface area is 111 Å². The van der Waals surface area contributed by atoms with E-state index in [-0.39, 0.29) is 5.54 Å². The molecule has 0 spiro atoms. The van der Waals surface area contributed by atoms with Crippen molar-refractivity contribution in [2.75, 3.05) is 32.8 Å². The topological polar surface area (TPSA) is 47.7 Å². The van der Waals surface area contributed by atoms with Crippen LogP contribution >= 0.6 is 0 Å². The first-order valence-electron chi connectivity index (χ1n) is 7.42. The molecule has 106 valence electrons. The molecule has 0 saturated carbocycles. The summed E-state index contributed by atoms with van der Waals surface area (Å²) in [6.07, 6.45) is 5.08. The standard InChI is InChI=1S/C14H28N2O2/c1-3-12-9-14(11-15,5-7-17-12)16-6-8-18-13(4-2)10-16/h12-13H,3-11,15H2,1-2H3. The second kappa shape index (κ2) is 6.33. The number of nitrogens with zero attached hydrogens (tertiary/aromatic N) is 1. The lowest BCUT2D eigenvalue weighted by atomic mass is 9.83. The Hall–Kier alpha value is -0.160. The largest absolute Gasteiger partial charge is 0.378 e. The lowest BCUT2D eigenvalue weighted by Gasteiger charge is -2.50. The number of nitrogens with two attached hydrogens (primary N) is 1. The van der Waals surface area contributed by atoms with Crippen LogP contribution in [0.5, 0.6) is 0 Å². The normalized spacial score (nSPS) is 38.8. The van der Waals surface area contributed by atoms with E-state index in [1.807, 2.05) is 0 Å². The summed E-state index contributed by atoms with van der Waals surface area (Å²) in [5, 5.41) is 0. The molecule has 0 radical (unpaired) electrons. The van der Waals surface area contributed by atoms with Crippen molar-refractivity contribution in [1.29, 1.82) is 0 Å². The van der Waals surface area contributed by atoms with E-state index in [9.17, 15) is 0 Å². The van der Waals surface area contributed by atoms with Crippen molar-refractivity contribution in [3.8, 4) is 0 Å². The fourth-order valence-electron chi connectivity index (χ4n) is 3.26. The Morgan fingerprint density at radius 1 is 1.17 bits per heavy atom. The molecular weight excluding hydrogens is 228 g/mol. The highest BCUT2D eigenvalue weighted by molar-refractivity contribution is 4.97. The van der Waals surface area contributed by atoms with Gasteiger partial charge in [-0.05, 0) is 25.7 Å². The van der Waals surface area contributed by atoms with Crippen LogP contribution in [0.4, 0.5) is 0 Å². The number of hydrogen-bond donors (Lipinski definition) is 1. The van der Waals surface area contributed by atoms with Gasteiger partial charge in [-0.1, -0.05) is 13.8 Å². The van der Waals surface area contributed by atoms with Crippen molar-refractivity contribution >= 4 is 0 Å². The minimum atomic E-state index is 0.149. The van der Waals surface area contributed by atoms with Crippen molar-refractivity contribution in [2.24, 2.45) is 5.73 Å². The van der Waals surface area contributed by atoms with Crippen molar-refractivity contribution in [2.45, 2.75) is 57.3 Å². The van der Waals surface area contributed by atoms with Gasteiger partial charge in [0.1, 0.15) is 0 Å². The molecule has 2 saturated heterocycles. The van der Waals surface area contributed by atoms with Crippen LogP contribution in [0.15, 0.2) is 0 Å². The van der Waals surface area contributed by atoms with E-state index < -0.39 is 0 Å². The van der Waals surface area contributed by atoms with Gasteiger partial charge in [-0.2, -0.15) is 0 Å². The van der Waals surface area contributed by atoms with Crippen LogP contribution in [0.3, 0.4) is 0 Å². The number of rotatable bonds is 4. The highest BCUT2D eigenvalue weighted by atomic mass is 16.5. The summed E-state index contributed by atoms with van der Waals surface area (Å²) in [7, 11) is 0. The number of hydrogen-bond acceptors (Lipinski definition) is 4. The minimum absolute atomic E-state index is 0.149. The first-order valence-corrected chi connectivity index (χ1v) is 7.42. The van der Waals surface area contributed by atoms with E-state index in [1.165, 1.54) is 0 Å². The lowest BCUT2D eigenvalue weighted by Crippen LogP contribution is -2.62. The van der Waals surface area contributed by atoms with Crippen LogP contribution in [-0.4, -0.2) is 55.5 Å². The molecule has 2 N–H and O–H groups in total. The Morgan fingerprint density at radius 2 is 1.89 bits per heavy atom. The van der Waals surface area contributed by atoms with E-state index in [0.29, 0.717) is 12.2 Å². The van der Waals surface area contributed by atoms with Crippen LogP contribution in [0.2, 0.25) is 0 Å². The SMILES string of the molecule is CCC1CN(C2(CN)CCOC(CC)C2)CCO1. The van der Waals surface area contributed by atoms with Gasteiger partial charge in [-0.25, -0.2) is 0 Å². The summed E-state index contributed by atoms with van der Waals surface area (Å²) in [4.78, 5) is 2.58. The predicted molar refractivity (Wildman–Crippen MR) is 72.7 cm³/mol. The second-order valence-electron chi connectivity index (χ2n) is 5.63. The summed E-state index contributed by atoms with van der Waals surface area (Å²) < 4.78 is 11.6. The predicted octanol–water partition coefficient (Wildman–Crippen LogP) is 1.38. The third-order valence-electron chi connectivity index (χ3n) is 4.63. The number of morpholine rings is 1. The zero-order chi connectivity index (χ0) is 13.0. The summed E-state index contributed by atoms with van der Waals surface area (Å²) in [6, 6.07) is 0. The summed E-state index contributed by atoms with van der Waals surface area (Å²) >= 11 is 0. The van der Waals surface area contributed by atoms with E-state index in [0.717, 1.165) is 58.5 Å². The van der Waals surface area contributed by atoms with Gasteiger partial charge in [0.2, 0.25) is 0 Å². The van der Waals surface area contributed by atoms with Crippen LogP contribution in [0.1, 0.15) is 39.5 Å². The summed E-state index contributed by atoms with van der Waals surface area (Å²) in [6.45, 7) is 8.88. The Balaban J connectivity index is 2.05. The smallest absolute Gasteiger partial charge is 0.0700 e. The third-order valence-corrected chi connectivity index (χ3v) is 4.63. The Bertz CT molecular complexity index is 262. The van der Waals surface area contributed by atoms with Crippen LogP contribution in [0.25, 0.3) is 0 Å². The molecule has 2 fully saturated rings. The molecule has 0 aromatic heterocycles. The zero-order valence-corrected chi connectivity index (χ0v) is 11.9. The van der Waals surface area contributed by atoms with Crippen molar-refractivity contribution in [3.05, 3.63) is 0 Å². The fourth-order valence-corrected chi connectivity index (χ4v) is 3.26. The molecule has 0 aromatic carbocycles. The highest BCUT2D eigenvalue weighted by Crippen LogP contribution is 2.33. The van der Waals surface area contributed by atoms with E-state index in [4.69, 9.17) is 15.2 Å². The van der Waals surface area contributed by atoms with Gasteiger partial charge in [-0.3, -0.25) is 4.90 Å². The molecule has 2 aliphatic heterocycles. The average Bonchev–Trinajstić information content (AvgIpc) is 2.47. The van der Waals surface area contributed by atoms with E-state index in [2.05, 4.69) is 18.7 Å². The van der Waals surface area contributed by atoms with Gasteiger partial charge in [0, 0.05) is 31.8 Å². The molecule has 2 aliphatic rings. The molecule has 0 aliphatic carbocycles. The van der Waals surface area contributed by atoms with Crippen LogP contribution < -0.4 is 5.73 Å². The molecule has 18 heavy (non-hydrogen) atoms. The van der Waals surface area contributed by atoms with Crippen molar-refractivity contribution in [1.82, 2.24) is 4.90 Å². The van der Waals surface area contributed by atoms with Gasteiger partial charge in [0.05, 0.1) is 18.8 Å². The lowest BCUT2D eigenvalue weighted by molar-refractivity contribution is -0.117. The maximum Gasteiger partial charge on any atom is 0.0700 e. The molecule has 0 amide bonds. The first kappa shape index (κ1) is 14.3. The molecule has 0 bridgehead atoms. The fraction of sp³-hybridized carbons (Fsp3) is 1.00. The van der Waals surface area contributed by atoms with Gasteiger partial charge < -0.3 is 15.2 Å². The molecule has 3 unspecified atom stereocenters. The van der Waals surface area contributed by atoms with Gasteiger partial charge in [-0.15, -0.1) is 0 Å². The summed E-state index contributed by atoms with van der Waals surface area (Å²) in [5.74, 6) is 0. The van der Waals surface area contributed by atoms with Crippen LogP contribution in [0, 0.1) is 0 Å². The van der Waals surface area contributed by atoms with E-state index in [1.54, 1.807) is 0 Å². The molecular formula is C14H28N2O2. The van der Waals surface area contributed by atoms with Gasteiger partial charge in [0.25, 0.3) is 0 Å². The maximum absolute atomic E-state index is 6.13. The minimum Gasteiger partial charge on any atom is -0.378 e. The summed E-state index contributed by atoms with van der Waals surface area (Å²) in [5.41, 5.74) is 6.28. The van der Waals surface area contributed by atoms with Gasteiger partial charge in [0.15, 0.2) is 0 Å². The van der Waals surface area contributed by atoms with Crippen LogP contribution in [-0.2, 0) is 9.47 Å². The highest BCUT2D eigenvalue weighted by Gasteiger charge is 2.42. The average molecular weight is 256 g/mol. The monoisotopic (exact) mass is 256 g/mol. The first-order chi connectivity index (χ1) is 8.74. The van der Waals surface area contributed by atoms with Gasteiger partial charge >= 0.3 is 0 Å². The molecule has 2 heterocycles. The molecule has 4 heteroatoms. The third kappa shape index (κ3) is 2.87. The maximum atomic E-state index is 6.13. The quantitative estimate of drug-likeness (QED) is 0.825. The number of ether oxygens (including phenoxy) is 2. The Morgan fingerprint density at radius 3 is 2.56 bits per heavy atom.